The van der Waals surface area contributed by atoms with Crippen LogP contribution in [0.25, 0.3) is 6.08 Å². The SMILES string of the molecule is Cc1cccc(/C=C/C(=O)NC(C)c2ccco2)c1. The number of carbonyl (C=O) groups is 1. The van der Waals surface area contributed by atoms with Crippen molar-refractivity contribution in [2.24, 2.45) is 0 Å². The molecule has 1 N–H and O–H groups in total. The van der Waals surface area contributed by atoms with Crippen molar-refractivity contribution >= 4 is 12.0 Å². The van der Waals surface area contributed by atoms with Crippen LogP contribution in [0.5, 0.6) is 0 Å². The fraction of sp³-hybridized carbons (Fsp3) is 0.188. The standard InChI is InChI=1S/C16H17NO2/c1-12-5-3-6-14(11-12)8-9-16(18)17-13(2)15-7-4-10-19-15/h3-11,13H,1-2H3,(H,17,18)/b9-8+. The molecular formula is C16H17NO2. The summed E-state index contributed by atoms with van der Waals surface area (Å²) in [5.74, 6) is 0.614. The van der Waals surface area contributed by atoms with Crippen LogP contribution in [-0.4, -0.2) is 5.91 Å². The van der Waals surface area contributed by atoms with E-state index >= 15 is 0 Å². The minimum Gasteiger partial charge on any atom is -0.467 e. The van der Waals surface area contributed by atoms with Crippen LogP contribution < -0.4 is 5.32 Å². The Morgan fingerprint density at radius 2 is 2.16 bits per heavy atom. The monoisotopic (exact) mass is 255 g/mol. The van der Waals surface area contributed by atoms with Gasteiger partial charge in [-0.05, 0) is 37.6 Å². The van der Waals surface area contributed by atoms with Gasteiger partial charge in [0.15, 0.2) is 0 Å². The fourth-order valence-corrected chi connectivity index (χ4v) is 1.82. The summed E-state index contributed by atoms with van der Waals surface area (Å²) >= 11 is 0. The minimum atomic E-state index is -0.135. The maximum Gasteiger partial charge on any atom is 0.244 e. The average molecular weight is 255 g/mol. The van der Waals surface area contributed by atoms with Crippen molar-refractivity contribution in [1.82, 2.24) is 5.32 Å². The molecule has 2 aromatic rings. The van der Waals surface area contributed by atoms with E-state index in [-0.39, 0.29) is 11.9 Å². The number of carbonyl (C=O) groups excluding carboxylic acids is 1. The second-order valence-electron chi connectivity index (χ2n) is 4.49. The predicted molar refractivity (Wildman–Crippen MR) is 75.5 cm³/mol. The van der Waals surface area contributed by atoms with Crippen molar-refractivity contribution in [3.63, 3.8) is 0 Å². The molecule has 1 amide bonds. The maximum atomic E-state index is 11.8. The molecule has 3 nitrogen and oxygen atoms in total. The number of hydrogen-bond donors (Lipinski definition) is 1. The highest BCUT2D eigenvalue weighted by molar-refractivity contribution is 5.91. The summed E-state index contributed by atoms with van der Waals surface area (Å²) in [6.07, 6.45) is 4.94. The van der Waals surface area contributed by atoms with Gasteiger partial charge in [-0.1, -0.05) is 29.8 Å². The molecule has 0 saturated carbocycles. The van der Waals surface area contributed by atoms with Crippen LogP contribution in [0, 0.1) is 6.92 Å². The van der Waals surface area contributed by atoms with Crippen LogP contribution >= 0.6 is 0 Å². The molecule has 0 aliphatic carbocycles. The largest absolute Gasteiger partial charge is 0.467 e. The van der Waals surface area contributed by atoms with Gasteiger partial charge in [-0.25, -0.2) is 0 Å². The van der Waals surface area contributed by atoms with Crippen LogP contribution in [0.3, 0.4) is 0 Å². The Balaban J connectivity index is 1.94. The van der Waals surface area contributed by atoms with E-state index < -0.39 is 0 Å². The topological polar surface area (TPSA) is 42.2 Å². The van der Waals surface area contributed by atoms with Crippen LogP contribution in [0.4, 0.5) is 0 Å². The van der Waals surface area contributed by atoms with Gasteiger partial charge in [0.05, 0.1) is 12.3 Å². The highest BCUT2D eigenvalue weighted by Crippen LogP contribution is 2.12. The van der Waals surface area contributed by atoms with Crippen LogP contribution in [-0.2, 0) is 4.79 Å². The molecule has 0 bridgehead atoms. The molecule has 0 radical (unpaired) electrons. The van der Waals surface area contributed by atoms with E-state index in [1.807, 2.05) is 44.2 Å². The van der Waals surface area contributed by atoms with Gasteiger partial charge >= 0.3 is 0 Å². The maximum absolute atomic E-state index is 11.8. The first-order valence-corrected chi connectivity index (χ1v) is 6.24. The third kappa shape index (κ3) is 3.85. The van der Waals surface area contributed by atoms with Gasteiger partial charge in [-0.15, -0.1) is 0 Å². The molecule has 0 aliphatic heterocycles. The Labute approximate surface area is 112 Å². The molecule has 19 heavy (non-hydrogen) atoms. The Hall–Kier alpha value is -2.29. The normalized spacial score (nSPS) is 12.5. The molecule has 1 unspecified atom stereocenters. The number of nitrogens with one attached hydrogen (secondary N) is 1. The summed E-state index contributed by atoms with van der Waals surface area (Å²) < 4.78 is 5.24. The lowest BCUT2D eigenvalue weighted by Crippen LogP contribution is -2.24. The van der Waals surface area contributed by atoms with Crippen molar-refractivity contribution < 1.29 is 9.21 Å². The number of hydrogen-bond acceptors (Lipinski definition) is 2. The van der Waals surface area contributed by atoms with Gasteiger partial charge in [0, 0.05) is 6.08 Å². The first-order chi connectivity index (χ1) is 9.15. The molecule has 1 aromatic heterocycles. The zero-order valence-corrected chi connectivity index (χ0v) is 11.1. The number of amides is 1. The molecule has 1 aromatic carbocycles. The molecular weight excluding hydrogens is 238 g/mol. The van der Waals surface area contributed by atoms with Crippen LogP contribution in [0.15, 0.2) is 53.2 Å². The van der Waals surface area contributed by atoms with E-state index in [0.29, 0.717) is 0 Å². The molecule has 0 saturated heterocycles. The van der Waals surface area contributed by atoms with E-state index in [1.54, 1.807) is 18.4 Å². The lowest BCUT2D eigenvalue weighted by Gasteiger charge is -2.08. The number of aryl methyl sites for hydroxylation is 1. The fourth-order valence-electron chi connectivity index (χ4n) is 1.82. The predicted octanol–water partition coefficient (Wildman–Crippen LogP) is 3.48. The molecule has 0 aliphatic rings. The smallest absolute Gasteiger partial charge is 0.244 e. The summed E-state index contributed by atoms with van der Waals surface area (Å²) in [6.45, 7) is 3.91. The molecule has 3 heteroatoms. The van der Waals surface area contributed by atoms with Gasteiger partial charge in [0.25, 0.3) is 0 Å². The van der Waals surface area contributed by atoms with Gasteiger partial charge in [-0.2, -0.15) is 0 Å². The minimum absolute atomic E-state index is 0.134. The molecule has 98 valence electrons. The van der Waals surface area contributed by atoms with E-state index in [4.69, 9.17) is 4.42 Å². The summed E-state index contributed by atoms with van der Waals surface area (Å²) in [4.78, 5) is 11.8. The molecule has 0 spiro atoms. The molecule has 1 atom stereocenters. The van der Waals surface area contributed by atoms with E-state index in [9.17, 15) is 4.79 Å². The Bertz CT molecular complexity index is 570. The highest BCUT2D eigenvalue weighted by Gasteiger charge is 2.09. The third-order valence-electron chi connectivity index (χ3n) is 2.80. The first kappa shape index (κ1) is 13.1. The quantitative estimate of drug-likeness (QED) is 0.850. The highest BCUT2D eigenvalue weighted by atomic mass is 16.3. The first-order valence-electron chi connectivity index (χ1n) is 6.24. The van der Waals surface area contributed by atoms with Gasteiger partial charge in [0.2, 0.25) is 5.91 Å². The number of rotatable bonds is 4. The molecule has 0 fully saturated rings. The zero-order chi connectivity index (χ0) is 13.7. The molecule has 2 rings (SSSR count). The van der Waals surface area contributed by atoms with Gasteiger partial charge in [0.1, 0.15) is 5.76 Å². The van der Waals surface area contributed by atoms with Gasteiger partial charge < -0.3 is 9.73 Å². The summed E-state index contributed by atoms with van der Waals surface area (Å²) in [6, 6.07) is 11.5. The van der Waals surface area contributed by atoms with Crippen molar-refractivity contribution in [1.29, 1.82) is 0 Å². The van der Waals surface area contributed by atoms with Crippen molar-refractivity contribution in [2.75, 3.05) is 0 Å². The van der Waals surface area contributed by atoms with Crippen molar-refractivity contribution in [3.05, 3.63) is 65.6 Å². The number of benzene rings is 1. The average Bonchev–Trinajstić information content (AvgIpc) is 2.90. The van der Waals surface area contributed by atoms with Crippen LogP contribution in [0.2, 0.25) is 0 Å². The summed E-state index contributed by atoms with van der Waals surface area (Å²) in [5.41, 5.74) is 2.19. The van der Waals surface area contributed by atoms with Crippen molar-refractivity contribution in [2.45, 2.75) is 19.9 Å². The van der Waals surface area contributed by atoms with Crippen molar-refractivity contribution in [3.8, 4) is 0 Å². The Morgan fingerprint density at radius 1 is 1.32 bits per heavy atom. The summed E-state index contributed by atoms with van der Waals surface area (Å²) in [7, 11) is 0. The van der Waals surface area contributed by atoms with Crippen LogP contribution in [0.1, 0.15) is 29.9 Å². The number of furan rings is 1. The Morgan fingerprint density at radius 3 is 2.84 bits per heavy atom. The second kappa shape index (κ2) is 6.05. The van der Waals surface area contributed by atoms with E-state index in [2.05, 4.69) is 5.32 Å². The van der Waals surface area contributed by atoms with Gasteiger partial charge in [-0.3, -0.25) is 4.79 Å². The van der Waals surface area contributed by atoms with E-state index in [1.165, 1.54) is 11.6 Å². The van der Waals surface area contributed by atoms with E-state index in [0.717, 1.165) is 11.3 Å². The summed E-state index contributed by atoms with van der Waals surface area (Å²) in [5, 5.41) is 2.85. The second-order valence-corrected chi connectivity index (χ2v) is 4.49. The lowest BCUT2D eigenvalue weighted by molar-refractivity contribution is -0.117. The third-order valence-corrected chi connectivity index (χ3v) is 2.80. The Kier molecular flexibility index (Phi) is 4.18. The molecule has 1 heterocycles. The zero-order valence-electron chi connectivity index (χ0n) is 11.1. The lowest BCUT2D eigenvalue weighted by atomic mass is 10.1.